The molecule has 0 saturated carbocycles. The van der Waals surface area contributed by atoms with Crippen LogP contribution >= 0.6 is 0 Å². The van der Waals surface area contributed by atoms with Gasteiger partial charge in [0.1, 0.15) is 24.1 Å². The summed E-state index contributed by atoms with van der Waals surface area (Å²) >= 11 is 0. The Hall–Kier alpha value is -3.38. The van der Waals surface area contributed by atoms with Crippen molar-refractivity contribution in [1.29, 1.82) is 0 Å². The molecule has 0 radical (unpaired) electrons. The first-order chi connectivity index (χ1) is 15.3. The van der Waals surface area contributed by atoms with Gasteiger partial charge in [-0.2, -0.15) is 9.61 Å². The molecule has 32 heavy (non-hydrogen) atoms. The largest absolute Gasteiger partial charge is 0.491 e. The molecular weight excluding hydrogens is 402 g/mol. The van der Waals surface area contributed by atoms with Crippen LogP contribution in [-0.2, 0) is 12.0 Å². The maximum atomic E-state index is 12.2. The maximum absolute atomic E-state index is 12.2. The number of benzene rings is 2. The van der Waals surface area contributed by atoms with Crippen LogP contribution < -0.4 is 10.3 Å². The lowest BCUT2D eigenvalue weighted by Gasteiger charge is -2.26. The Morgan fingerprint density at radius 2 is 1.66 bits per heavy atom. The van der Waals surface area contributed by atoms with Crippen molar-refractivity contribution < 1.29 is 9.84 Å². The number of hydrogen-bond donors (Lipinski definition) is 1. The molecule has 4 aromatic rings. The average Bonchev–Trinajstić information content (AvgIpc) is 3.18. The number of fused-ring (bicyclic) bond motifs is 1. The summed E-state index contributed by atoms with van der Waals surface area (Å²) in [6.07, 6.45) is -0.740. The molecule has 4 rings (SSSR count). The summed E-state index contributed by atoms with van der Waals surface area (Å²) < 4.78 is 9.10. The molecule has 0 aliphatic heterocycles. The van der Waals surface area contributed by atoms with E-state index >= 15 is 0 Å². The van der Waals surface area contributed by atoms with Crippen LogP contribution in [0.4, 0.5) is 0 Å². The third-order valence-electron chi connectivity index (χ3n) is 5.96. The lowest BCUT2D eigenvalue weighted by molar-refractivity contribution is 0.0926. The van der Waals surface area contributed by atoms with Crippen molar-refractivity contribution >= 4 is 5.65 Å². The molecule has 6 heteroatoms. The number of hydrogen-bond acceptors (Lipinski definition) is 4. The van der Waals surface area contributed by atoms with E-state index in [0.29, 0.717) is 17.9 Å². The van der Waals surface area contributed by atoms with Gasteiger partial charge < -0.3 is 14.4 Å². The SMILES string of the molecule is Cc1cc2n(C[C@H](O)COc3ccc(C(C)(C)c4ccccc4)cc3)c(C)cc(=O)n2n1. The van der Waals surface area contributed by atoms with E-state index in [0.717, 1.165) is 11.4 Å². The van der Waals surface area contributed by atoms with Gasteiger partial charge in [-0.25, -0.2) is 0 Å². The Kier molecular flexibility index (Phi) is 5.89. The molecule has 0 fully saturated rings. The monoisotopic (exact) mass is 431 g/mol. The first-order valence-electron chi connectivity index (χ1n) is 10.8. The standard InChI is InChI=1S/C26H29N3O3/c1-18-14-24-28(19(2)15-25(31)29(24)27-18)16-22(30)17-32-23-12-10-21(11-13-23)26(3,4)20-8-6-5-7-9-20/h5-15,22,30H,16-17H2,1-4H3/t22-/m0/s1. The van der Waals surface area contributed by atoms with Crippen LogP contribution in [0.15, 0.2) is 71.5 Å². The highest BCUT2D eigenvalue weighted by molar-refractivity contribution is 5.42. The van der Waals surface area contributed by atoms with Crippen molar-refractivity contribution in [3.05, 3.63) is 99.6 Å². The third kappa shape index (κ3) is 4.32. The lowest BCUT2D eigenvalue weighted by Crippen LogP contribution is -2.27. The van der Waals surface area contributed by atoms with Gasteiger partial charge in [0, 0.05) is 23.2 Å². The van der Waals surface area contributed by atoms with Crippen molar-refractivity contribution in [3.8, 4) is 5.75 Å². The van der Waals surface area contributed by atoms with E-state index in [-0.39, 0.29) is 17.6 Å². The quantitative estimate of drug-likeness (QED) is 0.482. The Morgan fingerprint density at radius 3 is 2.34 bits per heavy atom. The minimum atomic E-state index is -0.740. The Morgan fingerprint density at radius 1 is 1.00 bits per heavy atom. The van der Waals surface area contributed by atoms with Gasteiger partial charge in [0.2, 0.25) is 0 Å². The van der Waals surface area contributed by atoms with Gasteiger partial charge in [-0.1, -0.05) is 56.3 Å². The van der Waals surface area contributed by atoms with Gasteiger partial charge in [0.15, 0.2) is 0 Å². The topological polar surface area (TPSA) is 68.8 Å². The molecule has 2 heterocycles. The van der Waals surface area contributed by atoms with Crippen LogP contribution in [0.5, 0.6) is 5.75 Å². The van der Waals surface area contributed by atoms with Gasteiger partial charge in [-0.15, -0.1) is 0 Å². The number of aryl methyl sites for hydroxylation is 2. The summed E-state index contributed by atoms with van der Waals surface area (Å²) in [5.74, 6) is 0.707. The molecule has 1 atom stereocenters. The van der Waals surface area contributed by atoms with Gasteiger partial charge in [-0.3, -0.25) is 4.79 Å². The van der Waals surface area contributed by atoms with Crippen LogP contribution in [0.25, 0.3) is 5.65 Å². The molecule has 0 spiro atoms. The summed E-state index contributed by atoms with van der Waals surface area (Å²) in [5.41, 5.74) is 4.35. The normalized spacial score (nSPS) is 12.8. The summed E-state index contributed by atoms with van der Waals surface area (Å²) in [4.78, 5) is 12.2. The summed E-state index contributed by atoms with van der Waals surface area (Å²) in [5, 5.41) is 14.8. The van der Waals surface area contributed by atoms with Gasteiger partial charge in [0.05, 0.1) is 12.2 Å². The molecule has 166 valence electrons. The van der Waals surface area contributed by atoms with Crippen molar-refractivity contribution in [2.75, 3.05) is 6.61 Å². The van der Waals surface area contributed by atoms with Gasteiger partial charge >= 0.3 is 0 Å². The van der Waals surface area contributed by atoms with Crippen LogP contribution in [0.2, 0.25) is 0 Å². The average molecular weight is 432 g/mol. The highest BCUT2D eigenvalue weighted by Gasteiger charge is 2.22. The summed E-state index contributed by atoms with van der Waals surface area (Å²) in [6.45, 7) is 8.55. The zero-order valence-electron chi connectivity index (χ0n) is 18.9. The number of aliphatic hydroxyl groups excluding tert-OH is 1. The minimum absolute atomic E-state index is 0.115. The molecule has 0 aliphatic rings. The fourth-order valence-electron chi connectivity index (χ4n) is 4.02. The second kappa shape index (κ2) is 8.63. The summed E-state index contributed by atoms with van der Waals surface area (Å²) in [7, 11) is 0. The van der Waals surface area contributed by atoms with E-state index in [9.17, 15) is 9.90 Å². The predicted octanol–water partition coefficient (Wildman–Crippen LogP) is 3.88. The van der Waals surface area contributed by atoms with Gasteiger partial charge in [0.25, 0.3) is 5.56 Å². The second-order valence-corrected chi connectivity index (χ2v) is 8.77. The fourth-order valence-corrected chi connectivity index (χ4v) is 4.02. The Balaban J connectivity index is 1.44. The lowest BCUT2D eigenvalue weighted by atomic mass is 9.78. The Bertz CT molecular complexity index is 1270. The predicted molar refractivity (Wildman–Crippen MR) is 125 cm³/mol. The number of rotatable bonds is 7. The van der Waals surface area contributed by atoms with Gasteiger partial charge in [-0.05, 0) is 37.1 Å². The van der Waals surface area contributed by atoms with Crippen molar-refractivity contribution in [3.63, 3.8) is 0 Å². The molecular formula is C26H29N3O3. The molecule has 0 aliphatic carbocycles. The van der Waals surface area contributed by atoms with E-state index in [4.69, 9.17) is 4.74 Å². The summed E-state index contributed by atoms with van der Waals surface area (Å²) in [6, 6.07) is 21.8. The van der Waals surface area contributed by atoms with E-state index < -0.39 is 6.10 Å². The number of aromatic nitrogens is 3. The molecule has 0 saturated heterocycles. The highest BCUT2D eigenvalue weighted by Crippen LogP contribution is 2.32. The third-order valence-corrected chi connectivity index (χ3v) is 5.96. The van der Waals surface area contributed by atoms with E-state index in [1.165, 1.54) is 21.7 Å². The van der Waals surface area contributed by atoms with E-state index in [2.05, 4.69) is 55.3 Å². The molecule has 0 bridgehead atoms. The zero-order valence-corrected chi connectivity index (χ0v) is 18.9. The molecule has 1 N–H and O–H groups in total. The molecule has 0 unspecified atom stereocenters. The van der Waals surface area contributed by atoms with Crippen LogP contribution in [0.1, 0.15) is 36.4 Å². The second-order valence-electron chi connectivity index (χ2n) is 8.77. The minimum Gasteiger partial charge on any atom is -0.491 e. The van der Waals surface area contributed by atoms with Crippen molar-refractivity contribution in [1.82, 2.24) is 14.2 Å². The first kappa shape index (κ1) is 21.8. The number of aliphatic hydroxyl groups is 1. The number of nitrogens with zero attached hydrogens (tertiary/aromatic N) is 3. The fraction of sp³-hybridized carbons (Fsp3) is 0.308. The molecule has 2 aromatic heterocycles. The van der Waals surface area contributed by atoms with E-state index in [1.807, 2.05) is 42.7 Å². The smallest absolute Gasteiger partial charge is 0.274 e. The number of ether oxygens (including phenoxy) is 1. The van der Waals surface area contributed by atoms with Crippen molar-refractivity contribution in [2.24, 2.45) is 0 Å². The Labute approximate surface area is 187 Å². The molecule has 0 amide bonds. The molecule has 6 nitrogen and oxygen atoms in total. The zero-order chi connectivity index (χ0) is 22.9. The van der Waals surface area contributed by atoms with Crippen LogP contribution in [0.3, 0.4) is 0 Å². The van der Waals surface area contributed by atoms with Crippen LogP contribution in [0, 0.1) is 13.8 Å². The highest BCUT2D eigenvalue weighted by atomic mass is 16.5. The maximum Gasteiger partial charge on any atom is 0.274 e. The van der Waals surface area contributed by atoms with E-state index in [1.54, 1.807) is 0 Å². The molecule has 2 aromatic carbocycles. The first-order valence-corrected chi connectivity index (χ1v) is 10.8. The van der Waals surface area contributed by atoms with Crippen molar-refractivity contribution in [2.45, 2.75) is 45.8 Å². The van der Waals surface area contributed by atoms with Crippen LogP contribution in [-0.4, -0.2) is 32.0 Å².